The lowest BCUT2D eigenvalue weighted by Gasteiger charge is -2.23. The SMILES string of the molecule is C=C1CCC(=O)B1C(C)C(=O)OCC(CC)CC(CC)COC(=O)C(C)C. The molecule has 0 saturated carbocycles. The number of ether oxygens (including phenoxy) is 2. The number of hydrogen-bond acceptors (Lipinski definition) is 5. The standard InChI is InChI=1S/C21H35BO5/c1-7-17(12-26-20(24)14(3)4)11-18(8-2)13-27-21(25)16(6)22-15(5)9-10-19(22)23/h14,16-18H,5,7-13H2,1-4,6H3. The summed E-state index contributed by atoms with van der Waals surface area (Å²) in [5.74, 6) is -0.632. The van der Waals surface area contributed by atoms with Gasteiger partial charge in [-0.2, -0.15) is 0 Å². The molecular weight excluding hydrogens is 343 g/mol. The Bertz CT molecular complexity index is 527. The van der Waals surface area contributed by atoms with E-state index < -0.39 is 12.5 Å². The van der Waals surface area contributed by atoms with E-state index in [0.717, 1.165) is 24.7 Å². The highest BCUT2D eigenvalue weighted by Gasteiger charge is 2.41. The molecule has 27 heavy (non-hydrogen) atoms. The molecule has 0 spiro atoms. The first-order valence-corrected chi connectivity index (χ1v) is 10.2. The number of carbonyl (C=O) groups excluding carboxylic acids is 3. The van der Waals surface area contributed by atoms with Gasteiger partial charge in [0.2, 0.25) is 0 Å². The number of esters is 2. The third-order valence-electron chi connectivity index (χ3n) is 5.57. The van der Waals surface area contributed by atoms with Crippen LogP contribution >= 0.6 is 0 Å². The van der Waals surface area contributed by atoms with E-state index in [2.05, 4.69) is 20.4 Å². The van der Waals surface area contributed by atoms with Crippen molar-refractivity contribution in [3.63, 3.8) is 0 Å². The van der Waals surface area contributed by atoms with E-state index in [1.165, 1.54) is 0 Å². The Hall–Kier alpha value is -1.59. The summed E-state index contributed by atoms with van der Waals surface area (Å²) in [6.45, 7) is 13.8. The van der Waals surface area contributed by atoms with Crippen molar-refractivity contribution >= 4 is 24.3 Å². The predicted octanol–water partition coefficient (Wildman–Crippen LogP) is 4.05. The van der Waals surface area contributed by atoms with Crippen molar-refractivity contribution in [3.05, 3.63) is 12.1 Å². The van der Waals surface area contributed by atoms with Crippen LogP contribution in [-0.2, 0) is 23.9 Å². The van der Waals surface area contributed by atoms with Gasteiger partial charge in [0.25, 0.3) is 6.71 Å². The second-order valence-corrected chi connectivity index (χ2v) is 8.09. The highest BCUT2D eigenvalue weighted by atomic mass is 16.5. The van der Waals surface area contributed by atoms with Gasteiger partial charge >= 0.3 is 11.9 Å². The van der Waals surface area contributed by atoms with E-state index in [1.54, 1.807) is 6.92 Å². The van der Waals surface area contributed by atoms with Crippen LogP contribution in [0.15, 0.2) is 12.1 Å². The van der Waals surface area contributed by atoms with Crippen LogP contribution in [0.2, 0.25) is 5.82 Å². The molecular formula is C21H35BO5. The van der Waals surface area contributed by atoms with Gasteiger partial charge in [0.1, 0.15) is 0 Å². The molecule has 0 radical (unpaired) electrons. The van der Waals surface area contributed by atoms with Gasteiger partial charge in [0, 0.05) is 12.2 Å². The van der Waals surface area contributed by atoms with Gasteiger partial charge < -0.3 is 14.3 Å². The maximum atomic E-state index is 12.4. The average molecular weight is 378 g/mol. The minimum Gasteiger partial charge on any atom is -0.466 e. The van der Waals surface area contributed by atoms with E-state index in [4.69, 9.17) is 9.47 Å². The van der Waals surface area contributed by atoms with Crippen LogP contribution in [0, 0.1) is 17.8 Å². The Morgan fingerprint density at radius 2 is 1.52 bits per heavy atom. The number of rotatable bonds is 11. The summed E-state index contributed by atoms with van der Waals surface area (Å²) in [6, 6.07) is 0. The van der Waals surface area contributed by atoms with Gasteiger partial charge in [-0.3, -0.25) is 9.59 Å². The zero-order valence-corrected chi connectivity index (χ0v) is 17.6. The molecule has 0 aromatic rings. The van der Waals surface area contributed by atoms with Crippen LogP contribution < -0.4 is 0 Å². The lowest BCUT2D eigenvalue weighted by molar-refractivity contribution is -0.149. The lowest BCUT2D eigenvalue weighted by Crippen LogP contribution is -2.33. The van der Waals surface area contributed by atoms with Crippen LogP contribution in [0.3, 0.4) is 0 Å². The normalized spacial score (nSPS) is 17.8. The van der Waals surface area contributed by atoms with E-state index >= 15 is 0 Å². The molecule has 0 aliphatic carbocycles. The summed E-state index contributed by atoms with van der Waals surface area (Å²) in [6.07, 6.45) is 3.78. The van der Waals surface area contributed by atoms with Crippen LogP contribution in [-0.4, -0.2) is 37.5 Å². The van der Waals surface area contributed by atoms with Crippen LogP contribution in [0.4, 0.5) is 0 Å². The van der Waals surface area contributed by atoms with E-state index in [-0.39, 0.29) is 35.4 Å². The van der Waals surface area contributed by atoms with Crippen LogP contribution in [0.5, 0.6) is 0 Å². The first-order valence-electron chi connectivity index (χ1n) is 10.2. The van der Waals surface area contributed by atoms with Crippen molar-refractivity contribution in [1.29, 1.82) is 0 Å². The summed E-state index contributed by atoms with van der Waals surface area (Å²) >= 11 is 0. The molecule has 6 heteroatoms. The number of allylic oxidation sites excluding steroid dienone is 1. The molecule has 3 atom stereocenters. The topological polar surface area (TPSA) is 69.7 Å². The minimum atomic E-state index is -0.473. The van der Waals surface area contributed by atoms with E-state index in [1.807, 2.05) is 13.8 Å². The highest BCUT2D eigenvalue weighted by Crippen LogP contribution is 2.29. The third-order valence-corrected chi connectivity index (χ3v) is 5.57. The quantitative estimate of drug-likeness (QED) is 0.401. The lowest BCUT2D eigenvalue weighted by atomic mass is 9.37. The number of carbonyl (C=O) groups is 3. The van der Waals surface area contributed by atoms with Crippen molar-refractivity contribution in [3.8, 4) is 0 Å². The summed E-state index contributed by atoms with van der Waals surface area (Å²) in [5.41, 5.74) is 0.934. The molecule has 1 aliphatic heterocycles. The molecule has 3 unspecified atom stereocenters. The maximum absolute atomic E-state index is 12.4. The van der Waals surface area contributed by atoms with E-state index in [9.17, 15) is 14.4 Å². The number of hydrogen-bond donors (Lipinski definition) is 0. The Kier molecular flexibility index (Phi) is 9.82. The predicted molar refractivity (Wildman–Crippen MR) is 107 cm³/mol. The monoisotopic (exact) mass is 378 g/mol. The fourth-order valence-corrected chi connectivity index (χ4v) is 3.47. The minimum absolute atomic E-state index is 0.0921. The first kappa shape index (κ1) is 23.5. The molecule has 1 saturated heterocycles. The smallest absolute Gasteiger partial charge is 0.308 e. The van der Waals surface area contributed by atoms with Crippen molar-refractivity contribution in [2.45, 2.75) is 72.5 Å². The van der Waals surface area contributed by atoms with Gasteiger partial charge in [0.05, 0.1) is 24.8 Å². The van der Waals surface area contributed by atoms with Crippen molar-refractivity contribution in [2.75, 3.05) is 13.2 Å². The van der Waals surface area contributed by atoms with Crippen LogP contribution in [0.25, 0.3) is 0 Å². The summed E-state index contributed by atoms with van der Waals surface area (Å²) < 4.78 is 10.9. The van der Waals surface area contributed by atoms with Gasteiger partial charge in [-0.1, -0.05) is 52.9 Å². The molecule has 1 fully saturated rings. The zero-order chi connectivity index (χ0) is 20.6. The molecule has 152 valence electrons. The van der Waals surface area contributed by atoms with Crippen molar-refractivity contribution in [1.82, 2.24) is 0 Å². The molecule has 5 nitrogen and oxygen atoms in total. The maximum Gasteiger partial charge on any atom is 0.308 e. The second kappa shape index (κ2) is 11.3. The van der Waals surface area contributed by atoms with Gasteiger partial charge in [-0.05, 0) is 24.7 Å². The third kappa shape index (κ3) is 7.15. The molecule has 1 aliphatic rings. The molecule has 1 heterocycles. The summed E-state index contributed by atoms with van der Waals surface area (Å²) in [4.78, 5) is 36.0. The molecule has 0 aromatic carbocycles. The van der Waals surface area contributed by atoms with Crippen LogP contribution in [0.1, 0.15) is 66.7 Å². The summed E-state index contributed by atoms with van der Waals surface area (Å²) in [7, 11) is 0. The molecule has 0 amide bonds. The first-order chi connectivity index (χ1) is 12.7. The summed E-state index contributed by atoms with van der Waals surface area (Å²) in [5, 5.41) is 0. The molecule has 1 rings (SSSR count). The van der Waals surface area contributed by atoms with Gasteiger partial charge in [-0.15, -0.1) is 6.58 Å². The van der Waals surface area contributed by atoms with E-state index in [0.29, 0.717) is 26.1 Å². The largest absolute Gasteiger partial charge is 0.466 e. The fourth-order valence-electron chi connectivity index (χ4n) is 3.47. The fraction of sp³-hybridized carbons (Fsp3) is 0.762. The second-order valence-electron chi connectivity index (χ2n) is 8.09. The Labute approximate surface area is 164 Å². The molecule has 0 aromatic heterocycles. The Balaban J connectivity index is 2.49. The van der Waals surface area contributed by atoms with Gasteiger partial charge in [-0.25, -0.2) is 0 Å². The highest BCUT2D eigenvalue weighted by molar-refractivity contribution is 6.99. The molecule has 0 N–H and O–H groups in total. The Morgan fingerprint density at radius 1 is 1.00 bits per heavy atom. The average Bonchev–Trinajstić information content (AvgIpc) is 2.98. The zero-order valence-electron chi connectivity index (χ0n) is 17.6. The van der Waals surface area contributed by atoms with Crippen molar-refractivity contribution in [2.24, 2.45) is 17.8 Å². The Morgan fingerprint density at radius 3 is 1.93 bits per heavy atom. The van der Waals surface area contributed by atoms with Gasteiger partial charge in [0.15, 0.2) is 0 Å². The van der Waals surface area contributed by atoms with Crippen molar-refractivity contribution < 1.29 is 23.9 Å². The molecule has 0 bridgehead atoms.